The van der Waals surface area contributed by atoms with E-state index in [1.807, 2.05) is 24.3 Å². The molecule has 0 amide bonds. The molecule has 0 radical (unpaired) electrons. The highest BCUT2D eigenvalue weighted by molar-refractivity contribution is 6.30. The van der Waals surface area contributed by atoms with Gasteiger partial charge >= 0.3 is 0 Å². The van der Waals surface area contributed by atoms with Crippen LogP contribution in [0.15, 0.2) is 24.3 Å². The summed E-state index contributed by atoms with van der Waals surface area (Å²) in [6.45, 7) is 1.54. The molecule has 0 aliphatic heterocycles. The Labute approximate surface area is 120 Å². The first kappa shape index (κ1) is 14.6. The Bertz CT molecular complexity index is 369. The van der Waals surface area contributed by atoms with Gasteiger partial charge < -0.3 is 14.8 Å². The molecule has 1 aliphatic carbocycles. The van der Waals surface area contributed by atoms with Gasteiger partial charge in [0.15, 0.2) is 0 Å². The van der Waals surface area contributed by atoms with E-state index in [0.29, 0.717) is 12.2 Å². The van der Waals surface area contributed by atoms with Gasteiger partial charge in [-0.15, -0.1) is 0 Å². The summed E-state index contributed by atoms with van der Waals surface area (Å²) in [6, 6.07) is 7.72. The Morgan fingerprint density at radius 3 is 2.68 bits per heavy atom. The summed E-state index contributed by atoms with van der Waals surface area (Å²) in [5, 5.41) is 4.08. The monoisotopic (exact) mass is 283 g/mol. The van der Waals surface area contributed by atoms with E-state index >= 15 is 0 Å². The van der Waals surface area contributed by atoms with Crippen molar-refractivity contribution < 1.29 is 9.47 Å². The normalized spacial score (nSPS) is 23.3. The number of benzene rings is 1. The third-order valence-electron chi connectivity index (χ3n) is 3.54. The van der Waals surface area contributed by atoms with Crippen molar-refractivity contribution in [1.82, 2.24) is 0 Å². The molecule has 0 spiro atoms. The Morgan fingerprint density at radius 2 is 1.95 bits per heavy atom. The molecule has 2 atom stereocenters. The number of hydrogen-bond donors (Lipinski definition) is 1. The van der Waals surface area contributed by atoms with Gasteiger partial charge in [0, 0.05) is 24.4 Å². The summed E-state index contributed by atoms with van der Waals surface area (Å²) in [6.07, 6.45) is 5.28. The minimum absolute atomic E-state index is 0.353. The Hall–Kier alpha value is -0.770. The second-order valence-electron chi connectivity index (χ2n) is 4.95. The summed E-state index contributed by atoms with van der Waals surface area (Å²) < 4.78 is 11.3. The van der Waals surface area contributed by atoms with Crippen molar-refractivity contribution in [2.45, 2.75) is 37.9 Å². The van der Waals surface area contributed by atoms with Crippen molar-refractivity contribution in [2.24, 2.45) is 0 Å². The van der Waals surface area contributed by atoms with Crippen molar-refractivity contribution in [3.63, 3.8) is 0 Å². The predicted molar refractivity (Wildman–Crippen MR) is 78.9 cm³/mol. The highest BCUT2D eigenvalue weighted by Gasteiger charge is 2.21. The molecular formula is C15H22ClNO2. The van der Waals surface area contributed by atoms with E-state index < -0.39 is 0 Å². The van der Waals surface area contributed by atoms with Crippen molar-refractivity contribution >= 4 is 17.3 Å². The van der Waals surface area contributed by atoms with Crippen LogP contribution in [0.2, 0.25) is 5.02 Å². The van der Waals surface area contributed by atoms with Crippen molar-refractivity contribution in [1.29, 1.82) is 0 Å². The third-order valence-corrected chi connectivity index (χ3v) is 3.79. The highest BCUT2D eigenvalue weighted by atomic mass is 35.5. The molecule has 1 N–H and O–H groups in total. The zero-order valence-corrected chi connectivity index (χ0v) is 12.2. The minimum Gasteiger partial charge on any atom is -0.383 e. The van der Waals surface area contributed by atoms with E-state index in [9.17, 15) is 0 Å². The predicted octanol–water partition coefficient (Wildman–Crippen LogP) is 3.73. The van der Waals surface area contributed by atoms with Crippen LogP contribution in [0.3, 0.4) is 0 Å². The molecule has 1 aromatic rings. The summed E-state index contributed by atoms with van der Waals surface area (Å²) in [5.74, 6) is 0. The van der Waals surface area contributed by atoms with Crippen LogP contribution in [0.1, 0.15) is 25.7 Å². The Morgan fingerprint density at radius 1 is 1.21 bits per heavy atom. The van der Waals surface area contributed by atoms with Crippen molar-refractivity contribution in [2.75, 3.05) is 25.6 Å². The molecular weight excluding hydrogens is 262 g/mol. The molecule has 0 heterocycles. The lowest BCUT2D eigenvalue weighted by Gasteiger charge is -2.28. The smallest absolute Gasteiger partial charge is 0.0642 e. The maximum absolute atomic E-state index is 5.89. The number of anilines is 1. The van der Waals surface area contributed by atoms with Crippen LogP contribution in [0.4, 0.5) is 5.69 Å². The van der Waals surface area contributed by atoms with E-state index in [1.165, 1.54) is 12.8 Å². The van der Waals surface area contributed by atoms with Crippen LogP contribution >= 0.6 is 11.6 Å². The molecule has 2 unspecified atom stereocenters. The van der Waals surface area contributed by atoms with Gasteiger partial charge in [0.25, 0.3) is 0 Å². The molecule has 0 saturated heterocycles. The van der Waals surface area contributed by atoms with Crippen LogP contribution in [0.5, 0.6) is 0 Å². The van der Waals surface area contributed by atoms with Gasteiger partial charge in [-0.3, -0.25) is 0 Å². The van der Waals surface area contributed by atoms with Crippen molar-refractivity contribution in [3.8, 4) is 0 Å². The third kappa shape index (κ3) is 5.01. The summed E-state index contributed by atoms with van der Waals surface area (Å²) >= 11 is 5.84. The maximum atomic E-state index is 5.89. The van der Waals surface area contributed by atoms with Gasteiger partial charge in [-0.2, -0.15) is 0 Å². The van der Waals surface area contributed by atoms with Gasteiger partial charge in [-0.05, 0) is 49.9 Å². The van der Waals surface area contributed by atoms with Crippen LogP contribution < -0.4 is 5.32 Å². The number of halogens is 1. The molecule has 1 fully saturated rings. The number of hydrogen-bond acceptors (Lipinski definition) is 3. The second-order valence-corrected chi connectivity index (χ2v) is 5.39. The zero-order chi connectivity index (χ0) is 13.5. The topological polar surface area (TPSA) is 30.5 Å². The molecule has 19 heavy (non-hydrogen) atoms. The van der Waals surface area contributed by atoms with E-state index in [0.717, 1.165) is 36.7 Å². The quantitative estimate of drug-likeness (QED) is 0.807. The number of ether oxygens (including phenoxy) is 2. The highest BCUT2D eigenvalue weighted by Crippen LogP contribution is 2.22. The van der Waals surface area contributed by atoms with Crippen LogP contribution in [-0.2, 0) is 9.47 Å². The summed E-state index contributed by atoms with van der Waals surface area (Å²) in [5.41, 5.74) is 1.08. The van der Waals surface area contributed by atoms with E-state index in [-0.39, 0.29) is 0 Å². The van der Waals surface area contributed by atoms with E-state index in [2.05, 4.69) is 5.32 Å². The largest absolute Gasteiger partial charge is 0.383 e. The van der Waals surface area contributed by atoms with Gasteiger partial charge in [0.1, 0.15) is 0 Å². The second kappa shape index (κ2) is 7.73. The molecule has 0 bridgehead atoms. The van der Waals surface area contributed by atoms with Crippen LogP contribution in [0.25, 0.3) is 0 Å². The number of rotatable bonds is 6. The lowest BCUT2D eigenvalue weighted by atomic mass is 9.95. The Kier molecular flexibility index (Phi) is 5.95. The van der Waals surface area contributed by atoms with E-state index in [1.54, 1.807) is 7.11 Å². The molecule has 4 heteroatoms. The zero-order valence-electron chi connectivity index (χ0n) is 11.4. The standard InChI is InChI=1S/C15H22ClNO2/c1-18-14-3-2-4-15(11-14)19-10-9-17-13-7-5-12(16)6-8-13/h5-8,14-15,17H,2-4,9-11H2,1H3. The molecule has 106 valence electrons. The van der Waals surface area contributed by atoms with Gasteiger partial charge in [0.2, 0.25) is 0 Å². The first-order valence-electron chi connectivity index (χ1n) is 6.92. The summed E-state index contributed by atoms with van der Waals surface area (Å²) in [7, 11) is 1.79. The van der Waals surface area contributed by atoms with Crippen LogP contribution in [0, 0.1) is 0 Å². The first-order valence-corrected chi connectivity index (χ1v) is 7.29. The molecule has 2 rings (SSSR count). The fourth-order valence-corrected chi connectivity index (χ4v) is 2.58. The van der Waals surface area contributed by atoms with Gasteiger partial charge in [-0.25, -0.2) is 0 Å². The molecule has 1 aliphatic rings. The first-order chi connectivity index (χ1) is 9.28. The SMILES string of the molecule is COC1CCCC(OCCNc2ccc(Cl)cc2)C1. The molecule has 3 nitrogen and oxygen atoms in total. The average molecular weight is 284 g/mol. The van der Waals surface area contributed by atoms with E-state index in [4.69, 9.17) is 21.1 Å². The molecule has 1 aromatic carbocycles. The van der Waals surface area contributed by atoms with Gasteiger partial charge in [0.05, 0.1) is 18.8 Å². The average Bonchev–Trinajstić information content (AvgIpc) is 2.46. The Balaban J connectivity index is 1.62. The lowest BCUT2D eigenvalue weighted by molar-refractivity contribution is -0.0261. The summed E-state index contributed by atoms with van der Waals surface area (Å²) in [4.78, 5) is 0. The molecule has 1 saturated carbocycles. The van der Waals surface area contributed by atoms with Crippen LogP contribution in [-0.4, -0.2) is 32.5 Å². The lowest BCUT2D eigenvalue weighted by Crippen LogP contribution is -2.28. The number of methoxy groups -OCH3 is 1. The number of nitrogens with one attached hydrogen (secondary N) is 1. The van der Waals surface area contributed by atoms with Gasteiger partial charge in [-0.1, -0.05) is 11.6 Å². The molecule has 0 aromatic heterocycles. The van der Waals surface area contributed by atoms with Crippen molar-refractivity contribution in [3.05, 3.63) is 29.3 Å². The fourth-order valence-electron chi connectivity index (χ4n) is 2.46. The fraction of sp³-hybridized carbons (Fsp3) is 0.600. The maximum Gasteiger partial charge on any atom is 0.0642 e. The minimum atomic E-state index is 0.353.